The number of aliphatic carboxylic acids is 1. The fraction of sp³-hybridized carbons (Fsp3) is 0.500. The quantitative estimate of drug-likeness (QED) is 0.410. The van der Waals surface area contributed by atoms with Gasteiger partial charge in [0.2, 0.25) is 0 Å². The summed E-state index contributed by atoms with van der Waals surface area (Å²) in [6.45, 7) is 1.17. The van der Waals surface area contributed by atoms with Crippen molar-refractivity contribution in [2.24, 2.45) is 5.16 Å². The first-order chi connectivity index (χ1) is 5.52. The zero-order chi connectivity index (χ0) is 9.56. The summed E-state index contributed by atoms with van der Waals surface area (Å²) in [4.78, 5) is 24.4. The van der Waals surface area contributed by atoms with E-state index in [9.17, 15) is 9.59 Å². The van der Waals surface area contributed by atoms with Crippen LogP contribution in [0.5, 0.6) is 0 Å². The summed E-state index contributed by atoms with van der Waals surface area (Å²) in [5.74, 6) is -1.57. The maximum Gasteiger partial charge on any atom is 0.332 e. The van der Waals surface area contributed by atoms with Crippen LogP contribution in [0.2, 0.25) is 0 Å². The first kappa shape index (κ1) is 10.9. The van der Waals surface area contributed by atoms with Crippen molar-refractivity contribution in [2.45, 2.75) is 19.8 Å². The highest BCUT2D eigenvalue weighted by Gasteiger charge is 2.01. The number of carbonyl (C=O) groups is 2. The zero-order valence-electron chi connectivity index (χ0n) is 6.41. The van der Waals surface area contributed by atoms with Gasteiger partial charge in [-0.15, -0.1) is 0 Å². The van der Waals surface area contributed by atoms with Gasteiger partial charge in [0, 0.05) is 13.3 Å². The Morgan fingerprint density at radius 2 is 2.08 bits per heavy atom. The first-order valence-corrected chi connectivity index (χ1v) is 3.52. The average molecular weight is 194 g/mol. The van der Waals surface area contributed by atoms with Gasteiger partial charge in [0.05, 0.1) is 6.42 Å². The monoisotopic (exact) mass is 193 g/mol. The molecule has 0 spiro atoms. The van der Waals surface area contributed by atoms with Crippen molar-refractivity contribution in [1.29, 1.82) is 0 Å². The van der Waals surface area contributed by atoms with E-state index < -0.39 is 11.9 Å². The van der Waals surface area contributed by atoms with Crippen molar-refractivity contribution >= 4 is 28.7 Å². The van der Waals surface area contributed by atoms with Crippen LogP contribution < -0.4 is 0 Å². The molecule has 0 bridgehead atoms. The van der Waals surface area contributed by atoms with E-state index in [2.05, 4.69) is 9.99 Å². The van der Waals surface area contributed by atoms with Gasteiger partial charge in [-0.2, -0.15) is 0 Å². The fourth-order valence-electron chi connectivity index (χ4n) is 0.370. The van der Waals surface area contributed by atoms with Crippen molar-refractivity contribution in [2.75, 3.05) is 0 Å². The summed E-state index contributed by atoms with van der Waals surface area (Å²) < 4.78 is 0. The molecule has 0 aromatic heterocycles. The van der Waals surface area contributed by atoms with Crippen LogP contribution >= 0.6 is 11.6 Å². The summed E-state index contributed by atoms with van der Waals surface area (Å²) in [6, 6.07) is 0. The first-order valence-electron chi connectivity index (χ1n) is 3.14. The van der Waals surface area contributed by atoms with E-state index in [1.54, 1.807) is 0 Å². The molecule has 12 heavy (non-hydrogen) atoms. The molecular weight excluding hydrogens is 186 g/mol. The van der Waals surface area contributed by atoms with Crippen LogP contribution in [0.1, 0.15) is 19.8 Å². The third kappa shape index (κ3) is 7.01. The van der Waals surface area contributed by atoms with Gasteiger partial charge < -0.3 is 9.94 Å². The second-order valence-corrected chi connectivity index (χ2v) is 2.38. The molecule has 0 aromatic carbocycles. The lowest BCUT2D eigenvalue weighted by molar-refractivity contribution is -0.140. The maximum absolute atomic E-state index is 10.2. The van der Waals surface area contributed by atoms with Gasteiger partial charge in [-0.1, -0.05) is 16.8 Å². The van der Waals surface area contributed by atoms with E-state index in [0.29, 0.717) is 0 Å². The SMILES string of the molecule is CC(=O)O/N=C(/Cl)CCC(=O)O. The molecule has 0 rings (SSSR count). The van der Waals surface area contributed by atoms with Gasteiger partial charge in [-0.05, 0) is 0 Å². The molecule has 0 amide bonds. The highest BCUT2D eigenvalue weighted by Crippen LogP contribution is 1.98. The van der Waals surface area contributed by atoms with Crippen LogP contribution in [-0.2, 0) is 14.4 Å². The molecule has 68 valence electrons. The second kappa shape index (κ2) is 5.54. The maximum atomic E-state index is 10.2. The van der Waals surface area contributed by atoms with E-state index in [1.165, 1.54) is 6.92 Å². The number of hydrogen-bond acceptors (Lipinski definition) is 4. The molecule has 6 heteroatoms. The number of carbonyl (C=O) groups excluding carboxylic acids is 1. The number of rotatable bonds is 4. The highest BCUT2D eigenvalue weighted by molar-refractivity contribution is 6.65. The van der Waals surface area contributed by atoms with Gasteiger partial charge >= 0.3 is 11.9 Å². The summed E-state index contributed by atoms with van der Waals surface area (Å²) in [6.07, 6.45) is -0.0756. The Morgan fingerprint density at radius 1 is 1.50 bits per heavy atom. The van der Waals surface area contributed by atoms with Crippen LogP contribution in [0.25, 0.3) is 0 Å². The number of halogens is 1. The van der Waals surface area contributed by atoms with E-state index in [1.807, 2.05) is 0 Å². The number of carboxylic acid groups (broad SMARTS) is 1. The van der Waals surface area contributed by atoms with E-state index in [0.717, 1.165) is 0 Å². The minimum absolute atomic E-state index is 0.0346. The molecule has 0 fully saturated rings. The topological polar surface area (TPSA) is 76.0 Å². The second-order valence-electron chi connectivity index (χ2n) is 1.94. The van der Waals surface area contributed by atoms with Gasteiger partial charge in [0.15, 0.2) is 0 Å². The number of hydrogen-bond donors (Lipinski definition) is 1. The predicted molar refractivity (Wildman–Crippen MR) is 41.9 cm³/mol. The minimum atomic E-state index is -0.980. The van der Waals surface area contributed by atoms with Crippen LogP contribution in [0.4, 0.5) is 0 Å². The lowest BCUT2D eigenvalue weighted by Gasteiger charge is -1.93. The average Bonchev–Trinajstić information content (AvgIpc) is 1.96. The third-order valence-electron chi connectivity index (χ3n) is 0.818. The Morgan fingerprint density at radius 3 is 2.50 bits per heavy atom. The van der Waals surface area contributed by atoms with Gasteiger partial charge in [0.25, 0.3) is 0 Å². The highest BCUT2D eigenvalue weighted by atomic mass is 35.5. The number of nitrogens with zero attached hydrogens (tertiary/aromatic N) is 1. The summed E-state index contributed by atoms with van der Waals surface area (Å²) in [5.41, 5.74) is 0. The normalized spacial score (nSPS) is 11.0. The van der Waals surface area contributed by atoms with E-state index >= 15 is 0 Å². The van der Waals surface area contributed by atoms with Crippen LogP contribution in [0.3, 0.4) is 0 Å². The molecule has 5 nitrogen and oxygen atoms in total. The lowest BCUT2D eigenvalue weighted by Crippen LogP contribution is -2.00. The molecule has 0 aliphatic heterocycles. The Labute approximate surface area is 73.9 Å². The molecule has 0 saturated carbocycles. The van der Waals surface area contributed by atoms with Gasteiger partial charge in [0.1, 0.15) is 5.17 Å². The molecule has 0 aliphatic rings. The zero-order valence-corrected chi connectivity index (χ0v) is 7.17. The van der Waals surface area contributed by atoms with E-state index in [-0.39, 0.29) is 18.0 Å². The smallest absolute Gasteiger partial charge is 0.332 e. The molecule has 0 atom stereocenters. The van der Waals surface area contributed by atoms with Crippen molar-refractivity contribution < 1.29 is 19.5 Å². The van der Waals surface area contributed by atoms with Gasteiger partial charge in [-0.3, -0.25) is 4.79 Å². The Bertz CT molecular complexity index is 214. The van der Waals surface area contributed by atoms with Gasteiger partial charge in [-0.25, -0.2) is 4.79 Å². The minimum Gasteiger partial charge on any atom is -0.481 e. The molecule has 0 unspecified atom stereocenters. The summed E-state index contributed by atoms with van der Waals surface area (Å²) >= 11 is 5.38. The Kier molecular flexibility index (Phi) is 5.03. The molecule has 0 saturated heterocycles. The molecule has 0 radical (unpaired) electrons. The van der Waals surface area contributed by atoms with Crippen molar-refractivity contribution in [3.8, 4) is 0 Å². The Hall–Kier alpha value is -1.10. The molecular formula is C6H8ClNO4. The summed E-state index contributed by atoms with van der Waals surface area (Å²) in [7, 11) is 0. The fourth-order valence-corrected chi connectivity index (χ4v) is 0.499. The summed E-state index contributed by atoms with van der Waals surface area (Å²) in [5, 5.41) is 11.3. The lowest BCUT2D eigenvalue weighted by atomic mass is 10.3. The third-order valence-corrected chi connectivity index (χ3v) is 1.08. The van der Waals surface area contributed by atoms with Crippen LogP contribution in [0, 0.1) is 0 Å². The van der Waals surface area contributed by atoms with Crippen LogP contribution in [0.15, 0.2) is 5.16 Å². The molecule has 1 N–H and O–H groups in total. The molecule has 0 aliphatic carbocycles. The Balaban J connectivity index is 3.70. The van der Waals surface area contributed by atoms with Crippen molar-refractivity contribution in [3.63, 3.8) is 0 Å². The molecule has 0 heterocycles. The number of carboxylic acids is 1. The van der Waals surface area contributed by atoms with Crippen LogP contribution in [-0.4, -0.2) is 22.2 Å². The number of oxime groups is 1. The molecule has 0 aromatic rings. The van der Waals surface area contributed by atoms with Crippen molar-refractivity contribution in [1.82, 2.24) is 0 Å². The van der Waals surface area contributed by atoms with Crippen molar-refractivity contribution in [3.05, 3.63) is 0 Å². The largest absolute Gasteiger partial charge is 0.481 e. The van der Waals surface area contributed by atoms with E-state index in [4.69, 9.17) is 16.7 Å². The standard InChI is InChI=1S/C6H8ClNO4/c1-4(9)12-8-5(7)2-3-6(10)11/h2-3H2,1H3,(H,10,11)/b8-5+. The predicted octanol–water partition coefficient (Wildman–Crippen LogP) is 0.967.